The highest BCUT2D eigenvalue weighted by Crippen LogP contribution is 2.16. The van der Waals surface area contributed by atoms with E-state index in [1.807, 2.05) is 6.92 Å². The van der Waals surface area contributed by atoms with E-state index in [1.165, 1.54) is 12.1 Å². The second-order valence-corrected chi connectivity index (χ2v) is 5.89. The Labute approximate surface area is 158 Å². The van der Waals surface area contributed by atoms with E-state index < -0.39 is 23.5 Å². The monoisotopic (exact) mass is 386 g/mol. The first-order valence-electron chi connectivity index (χ1n) is 8.51. The highest BCUT2D eigenvalue weighted by molar-refractivity contribution is 6.05. The first kappa shape index (κ1) is 19.2. The van der Waals surface area contributed by atoms with Gasteiger partial charge in [0, 0.05) is 23.6 Å². The van der Waals surface area contributed by atoms with Crippen LogP contribution < -0.4 is 10.9 Å². The van der Waals surface area contributed by atoms with Crippen molar-refractivity contribution in [2.24, 2.45) is 5.16 Å². The van der Waals surface area contributed by atoms with Gasteiger partial charge in [-0.25, -0.2) is 13.6 Å². The van der Waals surface area contributed by atoms with Crippen LogP contribution in [0.3, 0.4) is 0 Å². The van der Waals surface area contributed by atoms with Crippen LogP contribution in [0.15, 0.2) is 58.1 Å². The van der Waals surface area contributed by atoms with Crippen molar-refractivity contribution in [1.82, 2.24) is 0 Å². The molecule has 3 aromatic rings. The molecule has 0 fully saturated rings. The van der Waals surface area contributed by atoms with E-state index in [-0.39, 0.29) is 23.2 Å². The van der Waals surface area contributed by atoms with Crippen molar-refractivity contribution >= 4 is 28.5 Å². The van der Waals surface area contributed by atoms with Gasteiger partial charge >= 0.3 is 5.97 Å². The number of benzene rings is 2. The molecular formula is C20H16F2N2O4. The summed E-state index contributed by atoms with van der Waals surface area (Å²) in [5.41, 5.74) is 0.221. The van der Waals surface area contributed by atoms with E-state index in [0.29, 0.717) is 17.4 Å². The van der Waals surface area contributed by atoms with E-state index in [9.17, 15) is 18.4 Å². The van der Waals surface area contributed by atoms with Crippen LogP contribution in [0.1, 0.15) is 30.1 Å². The third kappa shape index (κ3) is 4.40. The summed E-state index contributed by atoms with van der Waals surface area (Å²) in [4.78, 5) is 29.0. The number of para-hydroxylation sites is 1. The number of carbonyl (C=O) groups is 2. The van der Waals surface area contributed by atoms with Crippen molar-refractivity contribution in [3.05, 3.63) is 71.3 Å². The molecule has 0 aliphatic heterocycles. The molecule has 2 aromatic carbocycles. The normalized spacial score (nSPS) is 11.5. The molecule has 0 atom stereocenters. The van der Waals surface area contributed by atoms with E-state index in [2.05, 4.69) is 10.5 Å². The van der Waals surface area contributed by atoms with Crippen LogP contribution in [0, 0.1) is 11.6 Å². The average Bonchev–Trinajstić information content (AvgIpc) is 2.68. The summed E-state index contributed by atoms with van der Waals surface area (Å²) in [7, 11) is 0. The van der Waals surface area contributed by atoms with E-state index in [1.54, 1.807) is 24.3 Å². The second-order valence-electron chi connectivity index (χ2n) is 5.89. The molecule has 1 heterocycles. The number of halogens is 2. The molecule has 3 rings (SSSR count). The summed E-state index contributed by atoms with van der Waals surface area (Å²) >= 11 is 0. The Bertz CT molecular complexity index is 1110. The van der Waals surface area contributed by atoms with E-state index in [4.69, 9.17) is 9.25 Å². The fourth-order valence-corrected chi connectivity index (χ4v) is 2.41. The lowest BCUT2D eigenvalue weighted by atomic mass is 10.1. The summed E-state index contributed by atoms with van der Waals surface area (Å²) in [5.74, 6) is -3.39. The first-order chi connectivity index (χ1) is 13.5. The third-order valence-electron chi connectivity index (χ3n) is 3.76. The van der Waals surface area contributed by atoms with Gasteiger partial charge in [0.2, 0.25) is 0 Å². The van der Waals surface area contributed by atoms with Crippen molar-refractivity contribution < 1.29 is 27.6 Å². The Morgan fingerprint density at radius 2 is 1.89 bits per heavy atom. The molecule has 0 bridgehead atoms. The number of carbonyl (C=O) groups excluding carboxylic acids is 2. The van der Waals surface area contributed by atoms with Gasteiger partial charge in [0.1, 0.15) is 11.1 Å². The van der Waals surface area contributed by atoms with Gasteiger partial charge in [-0.3, -0.25) is 4.79 Å². The lowest BCUT2D eigenvalue weighted by Gasteiger charge is -2.07. The molecule has 144 valence electrons. The Morgan fingerprint density at radius 3 is 2.64 bits per heavy atom. The van der Waals surface area contributed by atoms with Gasteiger partial charge in [-0.15, -0.1) is 0 Å². The van der Waals surface area contributed by atoms with Gasteiger partial charge in [0.15, 0.2) is 11.6 Å². The fraction of sp³-hybridized carbons (Fsp3) is 0.150. The molecule has 1 N–H and O–H groups in total. The number of hydrogen-bond acceptors (Lipinski definition) is 5. The number of amides is 1. The molecule has 1 amide bonds. The Morgan fingerprint density at radius 1 is 1.11 bits per heavy atom. The van der Waals surface area contributed by atoms with Crippen molar-refractivity contribution in [2.75, 3.05) is 5.32 Å². The molecule has 8 heteroatoms. The molecule has 0 aliphatic rings. The smallest absolute Gasteiger partial charge is 0.335 e. The highest BCUT2D eigenvalue weighted by Gasteiger charge is 2.15. The van der Waals surface area contributed by atoms with Gasteiger partial charge in [0.25, 0.3) is 11.5 Å². The molecule has 6 nitrogen and oxygen atoms in total. The van der Waals surface area contributed by atoms with E-state index >= 15 is 0 Å². The van der Waals surface area contributed by atoms with Gasteiger partial charge < -0.3 is 14.6 Å². The Hall–Kier alpha value is -3.55. The maximum absolute atomic E-state index is 13.4. The molecule has 0 aliphatic carbocycles. The Kier molecular flexibility index (Phi) is 5.78. The summed E-state index contributed by atoms with van der Waals surface area (Å²) in [6.45, 7) is 1.81. The zero-order valence-electron chi connectivity index (χ0n) is 14.9. The van der Waals surface area contributed by atoms with Crippen molar-refractivity contribution in [1.29, 1.82) is 0 Å². The molecule has 0 saturated heterocycles. The number of hydrogen-bond donors (Lipinski definition) is 1. The maximum Gasteiger partial charge on any atom is 0.335 e. The number of anilines is 1. The molecule has 0 saturated carbocycles. The van der Waals surface area contributed by atoms with Gasteiger partial charge in [-0.2, -0.15) is 0 Å². The van der Waals surface area contributed by atoms with Crippen LogP contribution in [0.2, 0.25) is 0 Å². The minimum Gasteiger partial charge on any atom is -0.435 e. The highest BCUT2D eigenvalue weighted by atomic mass is 19.2. The van der Waals surface area contributed by atoms with Crippen LogP contribution in [0.5, 0.6) is 0 Å². The average molecular weight is 386 g/mol. The zero-order chi connectivity index (χ0) is 20.1. The summed E-state index contributed by atoms with van der Waals surface area (Å²) < 4.78 is 32.0. The summed E-state index contributed by atoms with van der Waals surface area (Å²) in [5, 5.41) is 6.70. The number of rotatable bonds is 5. The molecule has 0 unspecified atom stereocenters. The lowest BCUT2D eigenvalue weighted by Crippen LogP contribution is -2.22. The predicted molar refractivity (Wildman–Crippen MR) is 97.1 cm³/mol. The van der Waals surface area contributed by atoms with Gasteiger partial charge in [-0.05, 0) is 35.8 Å². The van der Waals surface area contributed by atoms with Crippen LogP contribution >= 0.6 is 0 Å². The molecule has 1 aromatic heterocycles. The van der Waals surface area contributed by atoms with Crippen molar-refractivity contribution in [3.8, 4) is 0 Å². The van der Waals surface area contributed by atoms with Crippen LogP contribution in [0.25, 0.3) is 11.0 Å². The minimum absolute atomic E-state index is 0.0345. The zero-order valence-corrected chi connectivity index (χ0v) is 14.9. The van der Waals surface area contributed by atoms with Gasteiger partial charge in [0.05, 0.1) is 0 Å². The largest absolute Gasteiger partial charge is 0.435 e. The number of nitrogens with zero attached hydrogens (tertiary/aromatic N) is 1. The maximum atomic E-state index is 13.4. The van der Waals surface area contributed by atoms with Crippen molar-refractivity contribution in [3.63, 3.8) is 0 Å². The summed E-state index contributed by atoms with van der Waals surface area (Å²) in [6.07, 6.45) is 0.736. The first-order valence-corrected chi connectivity index (χ1v) is 8.51. The molecule has 0 spiro atoms. The van der Waals surface area contributed by atoms with Crippen LogP contribution in [-0.4, -0.2) is 11.9 Å². The van der Waals surface area contributed by atoms with Crippen molar-refractivity contribution in [2.45, 2.75) is 19.8 Å². The van der Waals surface area contributed by atoms with Crippen LogP contribution in [-0.2, 0) is 9.63 Å². The molecule has 28 heavy (non-hydrogen) atoms. The second kappa shape index (κ2) is 8.43. The molecular weight excluding hydrogens is 370 g/mol. The standard InChI is InChI=1S/C20H16F2N2O4/c1-2-5-18(25)28-24-20-14(10-12-6-3-4-7-17(12)27-20)19(26)23-13-8-9-15(21)16(22)11-13/h3-4,6-11H,2,5H2,1H3,(H,23,26). The number of nitrogens with one attached hydrogen (secondary N) is 1. The molecule has 0 radical (unpaired) electrons. The fourth-order valence-electron chi connectivity index (χ4n) is 2.41. The SMILES string of the molecule is CCCC(=O)ON=c1oc2ccccc2cc1C(=O)Nc1ccc(F)c(F)c1. The van der Waals surface area contributed by atoms with Crippen LogP contribution in [0.4, 0.5) is 14.5 Å². The Balaban J connectivity index is 2.00. The van der Waals surface area contributed by atoms with Gasteiger partial charge in [-0.1, -0.05) is 25.1 Å². The topological polar surface area (TPSA) is 80.9 Å². The summed E-state index contributed by atoms with van der Waals surface area (Å²) in [6, 6.07) is 11.3. The lowest BCUT2D eigenvalue weighted by molar-refractivity contribution is -0.144. The van der Waals surface area contributed by atoms with E-state index in [0.717, 1.165) is 12.1 Å². The number of fused-ring (bicyclic) bond motifs is 1. The predicted octanol–water partition coefficient (Wildman–Crippen LogP) is 4.12. The quantitative estimate of drug-likeness (QED) is 0.528. The minimum atomic E-state index is -1.10. The third-order valence-corrected chi connectivity index (χ3v) is 3.76.